The van der Waals surface area contributed by atoms with E-state index in [2.05, 4.69) is 41.5 Å². The van der Waals surface area contributed by atoms with E-state index >= 15 is 0 Å². The molecule has 0 spiro atoms. The highest BCUT2D eigenvalue weighted by atomic mass is 32.1. The average molecular weight is 326 g/mol. The summed E-state index contributed by atoms with van der Waals surface area (Å²) < 4.78 is 8.54. The van der Waals surface area contributed by atoms with Crippen molar-refractivity contribution in [3.8, 4) is 0 Å². The maximum atomic E-state index is 4.62. The number of aromatic nitrogens is 4. The molecule has 1 aliphatic rings. The van der Waals surface area contributed by atoms with Gasteiger partial charge in [-0.1, -0.05) is 6.07 Å². The fraction of sp³-hybridized carbons (Fsp3) is 0.375. The quantitative estimate of drug-likeness (QED) is 0.767. The van der Waals surface area contributed by atoms with Crippen molar-refractivity contribution in [1.82, 2.24) is 24.0 Å². The Balaban J connectivity index is 1.59. The van der Waals surface area contributed by atoms with Crippen LogP contribution in [0, 0.1) is 6.92 Å². The van der Waals surface area contributed by atoms with Crippen LogP contribution in [0.5, 0.6) is 0 Å². The van der Waals surface area contributed by atoms with Gasteiger partial charge in [-0.2, -0.15) is 8.75 Å². The molecule has 0 aliphatic carbocycles. The molecular formula is C16H18N6S. The maximum Gasteiger partial charge on any atom is 0.133 e. The molecule has 0 amide bonds. The van der Waals surface area contributed by atoms with Crippen molar-refractivity contribution in [2.75, 3.05) is 18.4 Å². The molecule has 0 unspecified atom stereocenters. The first-order valence-corrected chi connectivity index (χ1v) is 8.55. The third kappa shape index (κ3) is 3.02. The van der Waals surface area contributed by atoms with E-state index in [1.54, 1.807) is 0 Å². The van der Waals surface area contributed by atoms with Gasteiger partial charge in [0.15, 0.2) is 0 Å². The standard InChI is InChI=1S/C16H18N6S/c1-10-19-13-5-7-17-6-4-12(13)16(20-10)18-9-11-2-3-14-15(8-11)22-23-21-14/h2-3,8,17H,4-7,9H2,1H3,(H,18,19,20). The molecule has 3 aromatic rings. The highest BCUT2D eigenvalue weighted by Crippen LogP contribution is 2.21. The molecule has 1 aliphatic heterocycles. The number of fused-ring (bicyclic) bond motifs is 2. The molecule has 0 saturated heterocycles. The Hall–Kier alpha value is -2.12. The van der Waals surface area contributed by atoms with E-state index in [1.165, 1.54) is 28.5 Å². The van der Waals surface area contributed by atoms with Crippen LogP contribution in [-0.2, 0) is 19.4 Å². The summed E-state index contributed by atoms with van der Waals surface area (Å²) >= 11 is 1.25. The van der Waals surface area contributed by atoms with E-state index in [1.807, 2.05) is 13.0 Å². The Labute approximate surface area is 138 Å². The summed E-state index contributed by atoms with van der Waals surface area (Å²) in [7, 11) is 0. The first-order valence-electron chi connectivity index (χ1n) is 7.82. The number of rotatable bonds is 3. The number of nitrogens with one attached hydrogen (secondary N) is 2. The second-order valence-electron chi connectivity index (χ2n) is 5.74. The summed E-state index contributed by atoms with van der Waals surface area (Å²) in [4.78, 5) is 9.23. The van der Waals surface area contributed by atoms with E-state index in [9.17, 15) is 0 Å². The van der Waals surface area contributed by atoms with E-state index in [0.29, 0.717) is 0 Å². The Morgan fingerprint density at radius 1 is 1.13 bits per heavy atom. The summed E-state index contributed by atoms with van der Waals surface area (Å²) in [6.45, 7) is 4.64. The Morgan fingerprint density at radius 3 is 2.96 bits per heavy atom. The molecule has 2 N–H and O–H groups in total. The molecule has 1 aromatic carbocycles. The second-order valence-corrected chi connectivity index (χ2v) is 6.26. The predicted molar refractivity (Wildman–Crippen MR) is 91.8 cm³/mol. The Morgan fingerprint density at radius 2 is 2.00 bits per heavy atom. The molecule has 0 atom stereocenters. The highest BCUT2D eigenvalue weighted by Gasteiger charge is 2.15. The lowest BCUT2D eigenvalue weighted by molar-refractivity contribution is 0.708. The Kier molecular flexibility index (Phi) is 3.88. The van der Waals surface area contributed by atoms with Gasteiger partial charge < -0.3 is 10.6 Å². The topological polar surface area (TPSA) is 75.6 Å². The summed E-state index contributed by atoms with van der Waals surface area (Å²) in [5, 5.41) is 6.91. The average Bonchev–Trinajstić information content (AvgIpc) is 2.89. The van der Waals surface area contributed by atoms with Crippen LogP contribution in [0.25, 0.3) is 11.0 Å². The van der Waals surface area contributed by atoms with Crippen molar-refractivity contribution in [2.24, 2.45) is 0 Å². The molecule has 0 fully saturated rings. The third-order valence-electron chi connectivity index (χ3n) is 4.07. The molecule has 118 valence electrons. The molecule has 6 nitrogen and oxygen atoms in total. The minimum Gasteiger partial charge on any atom is -0.366 e. The van der Waals surface area contributed by atoms with Crippen LogP contribution in [0.2, 0.25) is 0 Å². The van der Waals surface area contributed by atoms with Gasteiger partial charge in [0.1, 0.15) is 22.7 Å². The molecule has 4 rings (SSSR count). The van der Waals surface area contributed by atoms with Gasteiger partial charge in [-0.15, -0.1) is 0 Å². The minimum atomic E-state index is 0.726. The lowest BCUT2D eigenvalue weighted by Crippen LogP contribution is -2.16. The van der Waals surface area contributed by atoms with Crippen LogP contribution < -0.4 is 10.6 Å². The number of benzene rings is 1. The molecule has 0 radical (unpaired) electrons. The van der Waals surface area contributed by atoms with Crippen LogP contribution >= 0.6 is 11.7 Å². The zero-order chi connectivity index (χ0) is 15.6. The van der Waals surface area contributed by atoms with Gasteiger partial charge in [-0.25, -0.2) is 9.97 Å². The van der Waals surface area contributed by atoms with Gasteiger partial charge in [-0.05, 0) is 37.6 Å². The molecule has 0 bridgehead atoms. The fourth-order valence-corrected chi connectivity index (χ4v) is 3.46. The first-order chi connectivity index (χ1) is 11.3. The molecule has 0 saturated carbocycles. The number of nitrogens with zero attached hydrogens (tertiary/aromatic N) is 4. The van der Waals surface area contributed by atoms with Crippen molar-refractivity contribution < 1.29 is 0 Å². The zero-order valence-corrected chi connectivity index (χ0v) is 13.8. The smallest absolute Gasteiger partial charge is 0.133 e. The maximum absolute atomic E-state index is 4.62. The van der Waals surface area contributed by atoms with Gasteiger partial charge in [0.25, 0.3) is 0 Å². The minimum absolute atomic E-state index is 0.726. The molecular weight excluding hydrogens is 308 g/mol. The SMILES string of the molecule is Cc1nc2c(c(NCc3ccc4nsnc4c3)n1)CCNCC2. The zero-order valence-electron chi connectivity index (χ0n) is 13.0. The summed E-state index contributed by atoms with van der Waals surface area (Å²) in [5.41, 5.74) is 5.51. The van der Waals surface area contributed by atoms with Crippen molar-refractivity contribution in [3.63, 3.8) is 0 Å². The van der Waals surface area contributed by atoms with Crippen LogP contribution in [0.15, 0.2) is 18.2 Å². The summed E-state index contributed by atoms with van der Waals surface area (Å²) in [6.07, 6.45) is 1.93. The van der Waals surface area contributed by atoms with Crippen LogP contribution in [0.4, 0.5) is 5.82 Å². The lowest BCUT2D eigenvalue weighted by atomic mass is 10.1. The van der Waals surface area contributed by atoms with Crippen molar-refractivity contribution in [2.45, 2.75) is 26.3 Å². The van der Waals surface area contributed by atoms with Gasteiger partial charge in [0.2, 0.25) is 0 Å². The number of hydrogen-bond acceptors (Lipinski definition) is 7. The van der Waals surface area contributed by atoms with Gasteiger partial charge in [0.05, 0.1) is 17.4 Å². The predicted octanol–water partition coefficient (Wildman–Crippen LogP) is 2.09. The van der Waals surface area contributed by atoms with E-state index in [-0.39, 0.29) is 0 Å². The molecule has 3 heterocycles. The Bertz CT molecular complexity index is 844. The van der Waals surface area contributed by atoms with Crippen LogP contribution in [0.1, 0.15) is 22.6 Å². The monoisotopic (exact) mass is 326 g/mol. The number of aryl methyl sites for hydroxylation is 1. The van der Waals surface area contributed by atoms with Crippen LogP contribution in [-0.4, -0.2) is 31.8 Å². The molecule has 7 heteroatoms. The molecule has 23 heavy (non-hydrogen) atoms. The lowest BCUT2D eigenvalue weighted by Gasteiger charge is -2.13. The summed E-state index contributed by atoms with van der Waals surface area (Å²) in [5.74, 6) is 1.79. The van der Waals surface area contributed by atoms with Gasteiger partial charge in [0, 0.05) is 25.1 Å². The van der Waals surface area contributed by atoms with Crippen molar-refractivity contribution in [1.29, 1.82) is 0 Å². The van der Waals surface area contributed by atoms with Crippen molar-refractivity contribution in [3.05, 3.63) is 40.8 Å². The van der Waals surface area contributed by atoms with Crippen molar-refractivity contribution >= 4 is 28.6 Å². The number of anilines is 1. The van der Waals surface area contributed by atoms with Gasteiger partial charge >= 0.3 is 0 Å². The fourth-order valence-electron chi connectivity index (χ4n) is 2.94. The van der Waals surface area contributed by atoms with E-state index < -0.39 is 0 Å². The number of hydrogen-bond donors (Lipinski definition) is 2. The normalized spacial score (nSPS) is 14.5. The second kappa shape index (κ2) is 6.17. The van der Waals surface area contributed by atoms with E-state index in [0.717, 1.165) is 55.2 Å². The van der Waals surface area contributed by atoms with Crippen LogP contribution in [0.3, 0.4) is 0 Å². The van der Waals surface area contributed by atoms with E-state index in [4.69, 9.17) is 0 Å². The third-order valence-corrected chi connectivity index (χ3v) is 4.63. The van der Waals surface area contributed by atoms with Gasteiger partial charge in [-0.3, -0.25) is 0 Å². The largest absolute Gasteiger partial charge is 0.366 e. The highest BCUT2D eigenvalue weighted by molar-refractivity contribution is 7.00. The molecule has 2 aromatic heterocycles. The summed E-state index contributed by atoms with van der Waals surface area (Å²) in [6, 6.07) is 6.19. The first kappa shape index (κ1) is 14.5.